The largest absolute Gasteiger partial charge is 0.354 e. The molecule has 1 aromatic rings. The van der Waals surface area contributed by atoms with Gasteiger partial charge in [-0.1, -0.05) is 24.4 Å². The number of hydrogen-bond acceptors (Lipinski definition) is 3. The lowest BCUT2D eigenvalue weighted by atomic mass is 10.1. The zero-order valence-corrected chi connectivity index (χ0v) is 15.1. The number of likely N-dealkylation sites (tertiary alicyclic amines) is 1. The molecule has 1 saturated carbocycles. The van der Waals surface area contributed by atoms with Crippen molar-refractivity contribution in [3.63, 3.8) is 0 Å². The first-order chi connectivity index (χ1) is 11.5. The summed E-state index contributed by atoms with van der Waals surface area (Å²) in [6, 6.07) is 0.354. The minimum Gasteiger partial charge on any atom is -0.354 e. The molecule has 0 radical (unpaired) electrons. The number of nitrogens with one attached hydrogen (secondary N) is 1. The Morgan fingerprint density at radius 2 is 2.04 bits per heavy atom. The smallest absolute Gasteiger partial charge is 0.225 e. The number of aryl methyl sites for hydroxylation is 1. The van der Waals surface area contributed by atoms with Crippen LogP contribution in [0, 0.1) is 19.8 Å². The van der Waals surface area contributed by atoms with Crippen LogP contribution in [-0.2, 0) is 16.1 Å². The highest BCUT2D eigenvalue weighted by molar-refractivity contribution is 6.31. The molecule has 2 amide bonds. The monoisotopic (exact) mass is 352 g/mol. The molecule has 1 aliphatic carbocycles. The van der Waals surface area contributed by atoms with Gasteiger partial charge in [-0.25, -0.2) is 0 Å². The lowest BCUT2D eigenvalue weighted by Gasteiger charge is -2.23. The zero-order chi connectivity index (χ0) is 17.3. The molecule has 2 aliphatic rings. The fraction of sp³-hybridized carbons (Fsp3) is 0.706. The van der Waals surface area contributed by atoms with Gasteiger partial charge in [0.05, 0.1) is 28.9 Å². The first kappa shape index (κ1) is 17.3. The van der Waals surface area contributed by atoms with E-state index < -0.39 is 0 Å². The van der Waals surface area contributed by atoms with E-state index in [1.165, 1.54) is 12.8 Å². The molecule has 7 heteroatoms. The molecule has 3 rings (SSSR count). The molecule has 2 fully saturated rings. The summed E-state index contributed by atoms with van der Waals surface area (Å²) in [5.74, 6) is -0.119. The Morgan fingerprint density at radius 1 is 1.33 bits per heavy atom. The third kappa shape index (κ3) is 3.43. The summed E-state index contributed by atoms with van der Waals surface area (Å²) in [7, 11) is 0. The molecule has 0 unspecified atom stereocenters. The molecular formula is C17H25ClN4O2. The first-order valence-electron chi connectivity index (χ1n) is 8.74. The molecular weight excluding hydrogens is 328 g/mol. The van der Waals surface area contributed by atoms with Gasteiger partial charge < -0.3 is 10.2 Å². The summed E-state index contributed by atoms with van der Waals surface area (Å²) in [5.41, 5.74) is 1.71. The van der Waals surface area contributed by atoms with Gasteiger partial charge in [0.2, 0.25) is 11.8 Å². The highest BCUT2D eigenvalue weighted by Gasteiger charge is 2.38. The van der Waals surface area contributed by atoms with Gasteiger partial charge in [0.1, 0.15) is 0 Å². The van der Waals surface area contributed by atoms with E-state index in [2.05, 4.69) is 10.4 Å². The molecule has 6 nitrogen and oxygen atoms in total. The number of aromatic nitrogens is 2. The molecule has 1 N–H and O–H groups in total. The molecule has 2 heterocycles. The summed E-state index contributed by atoms with van der Waals surface area (Å²) >= 11 is 6.12. The standard InChI is InChI=1S/C17H25ClN4O2/c1-11-16(18)12(2)22(20-11)8-7-19-17(24)13-9-15(23)21(10-13)14-5-3-4-6-14/h13-14H,3-10H2,1-2H3,(H,19,24)/t13-/m0/s1. The average molecular weight is 353 g/mol. The van der Waals surface area contributed by atoms with Gasteiger partial charge in [-0.2, -0.15) is 5.10 Å². The Hall–Kier alpha value is -1.56. The van der Waals surface area contributed by atoms with Crippen molar-refractivity contribution in [2.24, 2.45) is 5.92 Å². The van der Waals surface area contributed by atoms with Crippen LogP contribution in [0.3, 0.4) is 0 Å². The van der Waals surface area contributed by atoms with Crippen molar-refractivity contribution in [2.75, 3.05) is 13.1 Å². The quantitative estimate of drug-likeness (QED) is 0.882. The molecule has 132 valence electrons. The van der Waals surface area contributed by atoms with Crippen LogP contribution in [0.4, 0.5) is 0 Å². The number of carbonyl (C=O) groups is 2. The Balaban J connectivity index is 1.48. The zero-order valence-electron chi connectivity index (χ0n) is 14.3. The predicted molar refractivity (Wildman–Crippen MR) is 91.8 cm³/mol. The van der Waals surface area contributed by atoms with Gasteiger partial charge in [-0.05, 0) is 26.7 Å². The number of amides is 2. The third-order valence-electron chi connectivity index (χ3n) is 5.21. The van der Waals surface area contributed by atoms with Gasteiger partial charge in [-0.15, -0.1) is 0 Å². The lowest BCUT2D eigenvalue weighted by molar-refractivity contribution is -0.130. The van der Waals surface area contributed by atoms with Gasteiger partial charge in [0.25, 0.3) is 0 Å². The third-order valence-corrected chi connectivity index (χ3v) is 5.76. The average Bonchev–Trinajstić information content (AvgIpc) is 3.25. The van der Waals surface area contributed by atoms with E-state index in [0.717, 1.165) is 24.2 Å². The second kappa shape index (κ2) is 7.13. The van der Waals surface area contributed by atoms with Gasteiger partial charge in [0, 0.05) is 25.6 Å². The molecule has 0 bridgehead atoms. The van der Waals surface area contributed by atoms with Crippen LogP contribution in [0.5, 0.6) is 0 Å². The SMILES string of the molecule is Cc1nn(CCNC(=O)[C@H]2CC(=O)N(C3CCCC3)C2)c(C)c1Cl. The van der Waals surface area contributed by atoms with Crippen molar-refractivity contribution < 1.29 is 9.59 Å². The number of hydrogen-bond donors (Lipinski definition) is 1. The Labute approximate surface area is 147 Å². The minimum absolute atomic E-state index is 0.0310. The van der Waals surface area contributed by atoms with E-state index in [1.54, 1.807) is 0 Å². The van der Waals surface area contributed by atoms with E-state index in [0.29, 0.717) is 37.1 Å². The van der Waals surface area contributed by atoms with Crippen LogP contribution in [0.25, 0.3) is 0 Å². The topological polar surface area (TPSA) is 67.2 Å². The second-order valence-corrected chi connectivity index (χ2v) is 7.26. The van der Waals surface area contributed by atoms with E-state index >= 15 is 0 Å². The highest BCUT2D eigenvalue weighted by Crippen LogP contribution is 2.29. The van der Waals surface area contributed by atoms with E-state index in [1.807, 2.05) is 23.4 Å². The van der Waals surface area contributed by atoms with Crippen molar-refractivity contribution in [3.05, 3.63) is 16.4 Å². The Bertz CT molecular complexity index is 637. The molecule has 0 spiro atoms. The number of nitrogens with zero attached hydrogens (tertiary/aromatic N) is 3. The van der Waals surface area contributed by atoms with Crippen molar-refractivity contribution in [1.82, 2.24) is 20.0 Å². The second-order valence-electron chi connectivity index (χ2n) is 6.88. The minimum atomic E-state index is -0.220. The summed E-state index contributed by atoms with van der Waals surface area (Å²) < 4.78 is 1.81. The maximum Gasteiger partial charge on any atom is 0.225 e. The fourth-order valence-electron chi connectivity index (χ4n) is 3.80. The van der Waals surface area contributed by atoms with Gasteiger partial charge >= 0.3 is 0 Å². The van der Waals surface area contributed by atoms with Crippen molar-refractivity contribution in [2.45, 2.75) is 58.5 Å². The maximum absolute atomic E-state index is 12.4. The highest BCUT2D eigenvalue weighted by atomic mass is 35.5. The van der Waals surface area contributed by atoms with Gasteiger partial charge in [-0.3, -0.25) is 14.3 Å². The van der Waals surface area contributed by atoms with Crippen LogP contribution in [0.2, 0.25) is 5.02 Å². The molecule has 0 aromatic carbocycles. The normalized spacial score (nSPS) is 21.7. The first-order valence-corrected chi connectivity index (χ1v) is 9.12. The molecule has 1 aliphatic heterocycles. The maximum atomic E-state index is 12.4. The number of halogens is 1. The molecule has 1 atom stereocenters. The van der Waals surface area contributed by atoms with Crippen LogP contribution in [-0.4, -0.2) is 45.6 Å². The van der Waals surface area contributed by atoms with Crippen LogP contribution >= 0.6 is 11.6 Å². The molecule has 1 aromatic heterocycles. The fourth-order valence-corrected chi connectivity index (χ4v) is 3.93. The Morgan fingerprint density at radius 3 is 2.67 bits per heavy atom. The van der Waals surface area contributed by atoms with Crippen LogP contribution < -0.4 is 5.32 Å². The van der Waals surface area contributed by atoms with Crippen LogP contribution in [0.15, 0.2) is 0 Å². The number of carbonyl (C=O) groups excluding carboxylic acids is 2. The predicted octanol–water partition coefficient (Wildman–Crippen LogP) is 2.06. The summed E-state index contributed by atoms with van der Waals surface area (Å²) in [5, 5.41) is 7.97. The molecule has 24 heavy (non-hydrogen) atoms. The van der Waals surface area contributed by atoms with Crippen molar-refractivity contribution >= 4 is 23.4 Å². The summed E-state index contributed by atoms with van der Waals surface area (Å²) in [4.78, 5) is 26.5. The van der Waals surface area contributed by atoms with Crippen molar-refractivity contribution in [3.8, 4) is 0 Å². The van der Waals surface area contributed by atoms with Crippen LogP contribution in [0.1, 0.15) is 43.5 Å². The molecule has 1 saturated heterocycles. The van der Waals surface area contributed by atoms with E-state index in [-0.39, 0.29) is 17.7 Å². The lowest BCUT2D eigenvalue weighted by Crippen LogP contribution is -2.37. The van der Waals surface area contributed by atoms with E-state index in [4.69, 9.17) is 11.6 Å². The summed E-state index contributed by atoms with van der Waals surface area (Å²) in [6.07, 6.45) is 4.89. The number of rotatable bonds is 5. The van der Waals surface area contributed by atoms with Gasteiger partial charge in [0.15, 0.2) is 0 Å². The Kier molecular flexibility index (Phi) is 5.13. The summed E-state index contributed by atoms with van der Waals surface area (Å²) in [6.45, 7) is 5.43. The van der Waals surface area contributed by atoms with Crippen molar-refractivity contribution in [1.29, 1.82) is 0 Å². The van der Waals surface area contributed by atoms with E-state index in [9.17, 15) is 9.59 Å².